The molecule has 30 heavy (non-hydrogen) atoms. The lowest BCUT2D eigenvalue weighted by molar-refractivity contribution is 0.00578. The summed E-state index contributed by atoms with van der Waals surface area (Å²) in [7, 11) is 3.83. The average molecular weight is 408 g/mol. The van der Waals surface area contributed by atoms with Crippen molar-refractivity contribution in [3.05, 3.63) is 53.6 Å². The van der Waals surface area contributed by atoms with Gasteiger partial charge in [-0.15, -0.1) is 0 Å². The lowest BCUT2D eigenvalue weighted by atomic mass is 9.79. The molecular formula is C25H37BN2O2. The Labute approximate surface area is 183 Å². The van der Waals surface area contributed by atoms with E-state index in [1.807, 2.05) is 7.05 Å². The maximum atomic E-state index is 6.17. The zero-order valence-electron chi connectivity index (χ0n) is 19.9. The second kappa shape index (κ2) is 8.64. The summed E-state index contributed by atoms with van der Waals surface area (Å²) in [5.74, 6) is 0.550. The van der Waals surface area contributed by atoms with Crippen LogP contribution in [0.3, 0.4) is 0 Å². The molecule has 3 rings (SSSR count). The minimum absolute atomic E-state index is 0.312. The summed E-state index contributed by atoms with van der Waals surface area (Å²) in [6.45, 7) is 13.7. The van der Waals surface area contributed by atoms with Crippen molar-refractivity contribution in [1.82, 2.24) is 0 Å². The lowest BCUT2D eigenvalue weighted by Gasteiger charge is -2.32. The van der Waals surface area contributed by atoms with Crippen LogP contribution in [0.25, 0.3) is 0 Å². The van der Waals surface area contributed by atoms with Crippen LogP contribution in [0.2, 0.25) is 0 Å². The Morgan fingerprint density at radius 2 is 1.60 bits per heavy atom. The first-order valence-corrected chi connectivity index (χ1v) is 11.0. The number of hydrogen-bond donors (Lipinski definition) is 1. The van der Waals surface area contributed by atoms with E-state index in [1.165, 1.54) is 22.5 Å². The number of nitrogens with one attached hydrogen (secondary N) is 1. The molecule has 2 aromatic carbocycles. The fourth-order valence-corrected chi connectivity index (χ4v) is 3.77. The van der Waals surface area contributed by atoms with E-state index in [2.05, 4.69) is 101 Å². The van der Waals surface area contributed by atoms with Crippen molar-refractivity contribution in [2.75, 3.05) is 24.3 Å². The highest BCUT2D eigenvalue weighted by Crippen LogP contribution is 2.36. The Hall–Kier alpha value is -1.98. The fraction of sp³-hybridized carbons (Fsp3) is 0.520. The second-order valence-electron chi connectivity index (χ2n) is 9.52. The van der Waals surface area contributed by atoms with E-state index in [0.717, 1.165) is 18.4 Å². The van der Waals surface area contributed by atoms with E-state index in [9.17, 15) is 0 Å². The van der Waals surface area contributed by atoms with Crippen LogP contribution in [-0.2, 0) is 15.9 Å². The van der Waals surface area contributed by atoms with Crippen molar-refractivity contribution >= 4 is 24.0 Å². The smallest absolute Gasteiger partial charge is 0.399 e. The third-order valence-corrected chi connectivity index (χ3v) is 6.82. The molecule has 1 N–H and O–H groups in total. The van der Waals surface area contributed by atoms with Gasteiger partial charge in [-0.25, -0.2) is 0 Å². The first-order chi connectivity index (χ1) is 14.1. The topological polar surface area (TPSA) is 33.7 Å². The predicted molar refractivity (Wildman–Crippen MR) is 129 cm³/mol. The van der Waals surface area contributed by atoms with E-state index < -0.39 is 0 Å². The van der Waals surface area contributed by atoms with Gasteiger partial charge in [0.1, 0.15) is 0 Å². The molecule has 4 nitrogen and oxygen atoms in total. The Bertz CT molecular complexity index is 848. The van der Waals surface area contributed by atoms with Crippen LogP contribution in [0.1, 0.15) is 65.0 Å². The van der Waals surface area contributed by atoms with Gasteiger partial charge in [-0.1, -0.05) is 44.2 Å². The Kier molecular flexibility index (Phi) is 6.54. The predicted octanol–water partition coefficient (Wildman–Crippen LogP) is 5.18. The van der Waals surface area contributed by atoms with Crippen LogP contribution in [0, 0.1) is 0 Å². The van der Waals surface area contributed by atoms with Crippen LogP contribution >= 0.6 is 0 Å². The number of nitrogens with zero attached hydrogens (tertiary/aromatic N) is 1. The summed E-state index contributed by atoms with van der Waals surface area (Å²) in [5.41, 5.74) is 5.49. The molecule has 1 fully saturated rings. The average Bonchev–Trinajstić information content (AvgIpc) is 2.94. The highest BCUT2D eigenvalue weighted by Gasteiger charge is 2.51. The summed E-state index contributed by atoms with van der Waals surface area (Å²) in [6, 6.07) is 15.3. The first-order valence-electron chi connectivity index (χ1n) is 11.0. The van der Waals surface area contributed by atoms with Crippen molar-refractivity contribution in [2.45, 2.75) is 71.6 Å². The molecule has 2 aromatic rings. The first kappa shape index (κ1) is 22.7. The maximum Gasteiger partial charge on any atom is 0.494 e. The zero-order chi connectivity index (χ0) is 22.1. The van der Waals surface area contributed by atoms with Crippen molar-refractivity contribution in [3.63, 3.8) is 0 Å². The second-order valence-corrected chi connectivity index (χ2v) is 9.52. The van der Waals surface area contributed by atoms with Gasteiger partial charge in [0.05, 0.1) is 11.2 Å². The molecule has 1 saturated heterocycles. The number of hydrogen-bond acceptors (Lipinski definition) is 4. The SMILES string of the molecule is CCC(C)c1ccc(N(C)Cc2ccc(B3OC(C)(C)C(C)(C)O3)cc2)cc1NC. The minimum atomic E-state index is -0.316. The van der Waals surface area contributed by atoms with Crippen molar-refractivity contribution in [3.8, 4) is 0 Å². The monoisotopic (exact) mass is 408 g/mol. The van der Waals surface area contributed by atoms with Gasteiger partial charge in [0, 0.05) is 32.0 Å². The molecular weight excluding hydrogens is 371 g/mol. The molecule has 1 aliphatic rings. The minimum Gasteiger partial charge on any atom is -0.399 e. The van der Waals surface area contributed by atoms with Crippen molar-refractivity contribution < 1.29 is 9.31 Å². The number of rotatable bonds is 7. The standard InChI is InChI=1S/C25H37BN2O2/c1-9-18(2)22-15-14-21(16-23(22)27-7)28(8)17-19-10-12-20(13-11-19)26-29-24(3,4)25(5,6)30-26/h10-16,18,27H,9,17H2,1-8H3. The molecule has 0 bridgehead atoms. The molecule has 0 aromatic heterocycles. The van der Waals surface area contributed by atoms with Crippen LogP contribution in [0.4, 0.5) is 11.4 Å². The molecule has 162 valence electrons. The Morgan fingerprint density at radius 1 is 1.00 bits per heavy atom. The van der Waals surface area contributed by atoms with E-state index in [0.29, 0.717) is 5.92 Å². The van der Waals surface area contributed by atoms with Crippen molar-refractivity contribution in [1.29, 1.82) is 0 Å². The van der Waals surface area contributed by atoms with Crippen LogP contribution < -0.4 is 15.7 Å². The number of benzene rings is 2. The van der Waals surface area contributed by atoms with Crippen LogP contribution in [0.5, 0.6) is 0 Å². The van der Waals surface area contributed by atoms with E-state index in [1.54, 1.807) is 0 Å². The summed E-state index contributed by atoms with van der Waals surface area (Å²) in [4.78, 5) is 2.28. The highest BCUT2D eigenvalue weighted by molar-refractivity contribution is 6.62. The molecule has 0 spiro atoms. The molecule has 1 heterocycles. The molecule has 1 atom stereocenters. The summed E-state index contributed by atoms with van der Waals surface area (Å²) < 4.78 is 12.3. The maximum absolute atomic E-state index is 6.17. The third kappa shape index (κ3) is 4.52. The fourth-order valence-electron chi connectivity index (χ4n) is 3.77. The van der Waals surface area contributed by atoms with Gasteiger partial charge in [0.25, 0.3) is 0 Å². The molecule has 5 heteroatoms. The zero-order valence-corrected chi connectivity index (χ0v) is 19.9. The van der Waals surface area contributed by atoms with Gasteiger partial charge in [-0.05, 0) is 68.8 Å². The normalized spacial score (nSPS) is 18.3. The quantitative estimate of drug-likeness (QED) is 0.641. The Morgan fingerprint density at radius 3 is 2.13 bits per heavy atom. The van der Waals surface area contributed by atoms with Crippen molar-refractivity contribution in [2.24, 2.45) is 0 Å². The molecule has 0 aliphatic carbocycles. The number of anilines is 2. The lowest BCUT2D eigenvalue weighted by Crippen LogP contribution is -2.41. The van der Waals surface area contributed by atoms with Crippen LogP contribution in [-0.4, -0.2) is 32.4 Å². The van der Waals surface area contributed by atoms with E-state index >= 15 is 0 Å². The summed E-state index contributed by atoms with van der Waals surface area (Å²) in [5, 5.41) is 3.37. The van der Waals surface area contributed by atoms with Gasteiger partial charge < -0.3 is 19.5 Å². The van der Waals surface area contributed by atoms with Gasteiger partial charge in [0.2, 0.25) is 0 Å². The van der Waals surface area contributed by atoms with Gasteiger partial charge >= 0.3 is 7.12 Å². The largest absolute Gasteiger partial charge is 0.494 e. The molecule has 0 saturated carbocycles. The van der Waals surface area contributed by atoms with E-state index in [-0.39, 0.29) is 18.3 Å². The van der Waals surface area contributed by atoms with Crippen LogP contribution in [0.15, 0.2) is 42.5 Å². The van der Waals surface area contributed by atoms with Gasteiger partial charge in [0.15, 0.2) is 0 Å². The molecule has 0 amide bonds. The summed E-state index contributed by atoms with van der Waals surface area (Å²) in [6.07, 6.45) is 1.14. The summed E-state index contributed by atoms with van der Waals surface area (Å²) >= 11 is 0. The molecule has 0 radical (unpaired) electrons. The van der Waals surface area contributed by atoms with Gasteiger partial charge in [-0.2, -0.15) is 0 Å². The van der Waals surface area contributed by atoms with Gasteiger partial charge in [-0.3, -0.25) is 0 Å². The third-order valence-electron chi connectivity index (χ3n) is 6.82. The Balaban J connectivity index is 1.70. The molecule has 1 unspecified atom stereocenters. The molecule has 1 aliphatic heterocycles. The van der Waals surface area contributed by atoms with E-state index in [4.69, 9.17) is 9.31 Å². The highest BCUT2D eigenvalue weighted by atomic mass is 16.7.